The molecule has 17 heavy (non-hydrogen) atoms. The van der Waals surface area contributed by atoms with E-state index in [1.807, 2.05) is 13.8 Å². The van der Waals surface area contributed by atoms with E-state index in [0.717, 1.165) is 19.4 Å². The summed E-state index contributed by atoms with van der Waals surface area (Å²) < 4.78 is 4.69. The van der Waals surface area contributed by atoms with Crippen molar-refractivity contribution in [3.05, 3.63) is 0 Å². The maximum atomic E-state index is 12.0. The van der Waals surface area contributed by atoms with Crippen molar-refractivity contribution in [1.82, 2.24) is 10.6 Å². The minimum Gasteiger partial charge on any atom is -0.467 e. The van der Waals surface area contributed by atoms with Gasteiger partial charge in [-0.1, -0.05) is 13.8 Å². The normalized spacial score (nSPS) is 22.0. The van der Waals surface area contributed by atoms with Crippen LogP contribution in [0.1, 0.15) is 26.7 Å². The van der Waals surface area contributed by atoms with Crippen LogP contribution < -0.4 is 10.6 Å². The first-order valence-corrected chi connectivity index (χ1v) is 6.15. The second-order valence-corrected chi connectivity index (χ2v) is 4.80. The van der Waals surface area contributed by atoms with E-state index in [1.54, 1.807) is 0 Å². The molecule has 0 aromatic heterocycles. The highest BCUT2D eigenvalue weighted by Gasteiger charge is 2.28. The molecule has 0 radical (unpaired) electrons. The molecule has 1 aliphatic rings. The van der Waals surface area contributed by atoms with Crippen molar-refractivity contribution in [3.63, 3.8) is 0 Å². The van der Waals surface area contributed by atoms with Gasteiger partial charge in [0.1, 0.15) is 6.04 Å². The molecule has 5 nitrogen and oxygen atoms in total. The number of rotatable bonds is 4. The maximum Gasteiger partial charge on any atom is 0.328 e. The first-order chi connectivity index (χ1) is 8.06. The van der Waals surface area contributed by atoms with Crippen molar-refractivity contribution in [1.29, 1.82) is 0 Å². The van der Waals surface area contributed by atoms with Crippen molar-refractivity contribution in [3.8, 4) is 0 Å². The van der Waals surface area contributed by atoms with E-state index in [4.69, 9.17) is 4.74 Å². The van der Waals surface area contributed by atoms with E-state index >= 15 is 0 Å². The zero-order valence-corrected chi connectivity index (χ0v) is 10.8. The third kappa shape index (κ3) is 4.00. The van der Waals surface area contributed by atoms with E-state index in [0.29, 0.717) is 6.54 Å². The lowest BCUT2D eigenvalue weighted by atomic mass is 9.97. The van der Waals surface area contributed by atoms with Gasteiger partial charge in [0.05, 0.1) is 13.0 Å². The Morgan fingerprint density at radius 3 is 2.59 bits per heavy atom. The summed E-state index contributed by atoms with van der Waals surface area (Å²) in [7, 11) is 1.34. The van der Waals surface area contributed by atoms with Gasteiger partial charge < -0.3 is 15.4 Å². The molecule has 1 saturated heterocycles. The molecule has 0 aromatic rings. The van der Waals surface area contributed by atoms with E-state index in [1.165, 1.54) is 7.11 Å². The number of nitrogens with one attached hydrogen (secondary N) is 2. The second kappa shape index (κ2) is 6.59. The summed E-state index contributed by atoms with van der Waals surface area (Å²) in [5.74, 6) is -0.434. The average molecular weight is 242 g/mol. The Balaban J connectivity index is 2.54. The number of hydrogen-bond acceptors (Lipinski definition) is 4. The van der Waals surface area contributed by atoms with Gasteiger partial charge in [0.15, 0.2) is 0 Å². The molecule has 1 unspecified atom stereocenters. The zero-order chi connectivity index (χ0) is 12.8. The quantitative estimate of drug-likeness (QED) is 0.696. The molecular weight excluding hydrogens is 220 g/mol. The summed E-state index contributed by atoms with van der Waals surface area (Å²) in [6.07, 6.45) is 1.88. The first kappa shape index (κ1) is 14.0. The largest absolute Gasteiger partial charge is 0.467 e. The molecule has 0 bridgehead atoms. The molecule has 1 rings (SSSR count). The standard InChI is InChI=1S/C12H22N2O3/c1-8(2)10(12(16)17-3)14-11(15)9-5-4-6-13-7-9/h8-10,13H,4-7H2,1-3H3,(H,14,15)/t9-,10?/m0/s1. The van der Waals surface area contributed by atoms with Gasteiger partial charge in [-0.05, 0) is 25.3 Å². The number of amides is 1. The smallest absolute Gasteiger partial charge is 0.328 e. The lowest BCUT2D eigenvalue weighted by Crippen LogP contribution is -2.49. The fourth-order valence-corrected chi connectivity index (χ4v) is 1.97. The summed E-state index contributed by atoms with van der Waals surface area (Å²) in [6.45, 7) is 5.44. The molecule has 0 aromatic carbocycles. The second-order valence-electron chi connectivity index (χ2n) is 4.80. The lowest BCUT2D eigenvalue weighted by molar-refractivity contribution is -0.147. The summed E-state index contributed by atoms with van der Waals surface area (Å²) >= 11 is 0. The van der Waals surface area contributed by atoms with Gasteiger partial charge in [0, 0.05) is 6.54 Å². The molecule has 2 atom stereocenters. The van der Waals surface area contributed by atoms with Crippen LogP contribution in [0.3, 0.4) is 0 Å². The Morgan fingerprint density at radius 2 is 2.12 bits per heavy atom. The van der Waals surface area contributed by atoms with E-state index < -0.39 is 6.04 Å². The predicted molar refractivity (Wildman–Crippen MR) is 64.4 cm³/mol. The van der Waals surface area contributed by atoms with Crippen molar-refractivity contribution in [2.45, 2.75) is 32.7 Å². The van der Waals surface area contributed by atoms with Crippen LogP contribution in [0.2, 0.25) is 0 Å². The number of carbonyl (C=O) groups is 2. The number of piperidine rings is 1. The molecule has 1 fully saturated rings. The van der Waals surface area contributed by atoms with Crippen molar-refractivity contribution in [2.75, 3.05) is 20.2 Å². The third-order valence-corrected chi connectivity index (χ3v) is 3.09. The Labute approximate surface area is 102 Å². The van der Waals surface area contributed by atoms with Gasteiger partial charge in [0.2, 0.25) is 5.91 Å². The fourth-order valence-electron chi connectivity index (χ4n) is 1.97. The molecule has 1 aliphatic heterocycles. The predicted octanol–water partition coefficient (Wildman–Crippen LogP) is 0.300. The fraction of sp³-hybridized carbons (Fsp3) is 0.833. The SMILES string of the molecule is COC(=O)C(NC(=O)[C@H]1CCCNC1)C(C)C. The number of carbonyl (C=O) groups excluding carboxylic acids is 2. The van der Waals surface area contributed by atoms with Gasteiger partial charge in [-0.3, -0.25) is 4.79 Å². The number of hydrogen-bond donors (Lipinski definition) is 2. The molecule has 0 saturated carbocycles. The zero-order valence-electron chi connectivity index (χ0n) is 10.8. The van der Waals surface area contributed by atoms with Crippen LogP contribution in [0.25, 0.3) is 0 Å². The van der Waals surface area contributed by atoms with Gasteiger partial charge in [-0.15, -0.1) is 0 Å². The van der Waals surface area contributed by atoms with Crippen LogP contribution in [0, 0.1) is 11.8 Å². The van der Waals surface area contributed by atoms with Crippen molar-refractivity contribution < 1.29 is 14.3 Å². The Bertz CT molecular complexity index is 273. The maximum absolute atomic E-state index is 12.0. The minimum absolute atomic E-state index is 0.0305. The highest BCUT2D eigenvalue weighted by atomic mass is 16.5. The van der Waals surface area contributed by atoms with Gasteiger partial charge in [-0.25, -0.2) is 4.79 Å². The first-order valence-electron chi connectivity index (χ1n) is 6.15. The molecule has 98 valence electrons. The molecule has 1 heterocycles. The third-order valence-electron chi connectivity index (χ3n) is 3.09. The number of esters is 1. The van der Waals surface area contributed by atoms with Crippen molar-refractivity contribution >= 4 is 11.9 Å². The van der Waals surface area contributed by atoms with E-state index in [9.17, 15) is 9.59 Å². The molecule has 5 heteroatoms. The van der Waals surface area contributed by atoms with E-state index in [2.05, 4.69) is 10.6 Å². The summed E-state index contributed by atoms with van der Waals surface area (Å²) in [5.41, 5.74) is 0. The molecule has 0 aliphatic carbocycles. The highest BCUT2D eigenvalue weighted by molar-refractivity contribution is 5.86. The average Bonchev–Trinajstić information content (AvgIpc) is 2.35. The summed E-state index contributed by atoms with van der Waals surface area (Å²) in [4.78, 5) is 23.5. The number of methoxy groups -OCH3 is 1. The van der Waals surface area contributed by atoms with Crippen LogP contribution in [0.15, 0.2) is 0 Å². The molecule has 0 spiro atoms. The Kier molecular flexibility index (Phi) is 5.41. The Hall–Kier alpha value is -1.10. The molecule has 1 amide bonds. The van der Waals surface area contributed by atoms with Gasteiger partial charge in [0.25, 0.3) is 0 Å². The van der Waals surface area contributed by atoms with Crippen LogP contribution in [-0.4, -0.2) is 38.1 Å². The molecular formula is C12H22N2O3. The molecule has 2 N–H and O–H groups in total. The minimum atomic E-state index is -0.547. The topological polar surface area (TPSA) is 67.4 Å². The monoisotopic (exact) mass is 242 g/mol. The van der Waals surface area contributed by atoms with Crippen LogP contribution in [0.4, 0.5) is 0 Å². The van der Waals surface area contributed by atoms with Gasteiger partial charge >= 0.3 is 5.97 Å². The summed E-state index contributed by atoms with van der Waals surface area (Å²) in [5, 5.41) is 5.97. The van der Waals surface area contributed by atoms with Crippen LogP contribution in [0.5, 0.6) is 0 Å². The van der Waals surface area contributed by atoms with Crippen molar-refractivity contribution in [2.24, 2.45) is 11.8 Å². The van der Waals surface area contributed by atoms with Crippen LogP contribution >= 0.6 is 0 Å². The Morgan fingerprint density at radius 1 is 1.41 bits per heavy atom. The lowest BCUT2D eigenvalue weighted by Gasteiger charge is -2.26. The van der Waals surface area contributed by atoms with Gasteiger partial charge in [-0.2, -0.15) is 0 Å². The highest BCUT2D eigenvalue weighted by Crippen LogP contribution is 2.12. The summed E-state index contributed by atoms with van der Waals surface area (Å²) in [6, 6.07) is -0.547. The number of ether oxygens (including phenoxy) is 1. The van der Waals surface area contributed by atoms with E-state index in [-0.39, 0.29) is 23.7 Å². The van der Waals surface area contributed by atoms with Crippen LogP contribution in [-0.2, 0) is 14.3 Å².